The molecule has 0 aliphatic rings. The van der Waals surface area contributed by atoms with Gasteiger partial charge in [0.15, 0.2) is 0 Å². The Bertz CT molecular complexity index is 55.8. The van der Waals surface area contributed by atoms with Gasteiger partial charge in [-0.25, -0.2) is 0 Å². The van der Waals surface area contributed by atoms with Crippen LogP contribution in [0.2, 0.25) is 0 Å². The van der Waals surface area contributed by atoms with Crippen molar-refractivity contribution in [3.63, 3.8) is 0 Å². The van der Waals surface area contributed by atoms with Crippen molar-refractivity contribution in [2.45, 2.75) is 0 Å². The van der Waals surface area contributed by atoms with E-state index in [0.29, 0.717) is 0 Å². The molecule has 0 amide bonds. The molecule has 6 heavy (non-hydrogen) atoms. The normalized spacial score (nSPS) is 1.67. The maximum atomic E-state index is 8.50. The van der Waals surface area contributed by atoms with Crippen molar-refractivity contribution >= 4 is 0 Å². The molecule has 0 aromatic carbocycles. The Morgan fingerprint density at radius 3 is 1.33 bits per heavy atom. The standard InChI is InChI=1S/CN.Fe.2O.Ti/c1-2;;;;/q-1;;;;. The molecule has 0 aliphatic heterocycles. The summed E-state index contributed by atoms with van der Waals surface area (Å²) >= 11 is -2.00. The van der Waals surface area contributed by atoms with Gasteiger partial charge in [0.2, 0.25) is 0 Å². The van der Waals surface area contributed by atoms with Crippen LogP contribution in [0, 0.1) is 11.8 Å². The van der Waals surface area contributed by atoms with Crippen molar-refractivity contribution in [1.29, 1.82) is 5.26 Å². The summed E-state index contributed by atoms with van der Waals surface area (Å²) in [7, 11) is 0. The third-order valence-electron chi connectivity index (χ3n) is 0. The predicted molar refractivity (Wildman–Crippen MR) is 6.34 cm³/mol. The number of hydrogen-bond donors (Lipinski definition) is 0. The van der Waals surface area contributed by atoms with Gasteiger partial charge in [-0.2, -0.15) is 0 Å². The van der Waals surface area contributed by atoms with Crippen molar-refractivity contribution in [3.8, 4) is 0 Å². The third-order valence-corrected chi connectivity index (χ3v) is 0. The summed E-state index contributed by atoms with van der Waals surface area (Å²) in [5, 5.41) is 6.25. The predicted octanol–water partition coefficient (Wildman–Crippen LogP) is -0.146. The van der Waals surface area contributed by atoms with Crippen molar-refractivity contribution in [3.05, 3.63) is 6.57 Å². The van der Waals surface area contributed by atoms with E-state index in [1.54, 1.807) is 0 Å². The SMILES string of the molecule is [C-]#N.[Fe].[O]=[Ti]=[O]. The molecule has 34 valence electrons. The quantitative estimate of drug-likeness (QED) is 0.367. The van der Waals surface area contributed by atoms with Gasteiger partial charge in [0.25, 0.3) is 0 Å². The van der Waals surface area contributed by atoms with Gasteiger partial charge >= 0.3 is 25.7 Å². The molecule has 0 radical (unpaired) electrons. The van der Waals surface area contributed by atoms with Crippen molar-refractivity contribution in [2.24, 2.45) is 0 Å². The fourth-order valence-corrected chi connectivity index (χ4v) is 0. The molecular formula is CFeNO2Ti-. The first kappa shape index (κ1) is 16.2. The van der Waals surface area contributed by atoms with Crippen LogP contribution in [0.15, 0.2) is 0 Å². The Kier molecular flexibility index (Phi) is 154. The van der Waals surface area contributed by atoms with E-state index in [4.69, 9.17) is 18.5 Å². The molecule has 5 heteroatoms. The van der Waals surface area contributed by atoms with Crippen LogP contribution in [0.1, 0.15) is 0 Å². The average molecular weight is 162 g/mol. The second-order valence-corrected chi connectivity index (χ2v) is 0.344. The number of nitrogens with zero attached hydrogens (tertiary/aromatic N) is 1. The van der Waals surface area contributed by atoms with Crippen LogP contribution in [-0.4, -0.2) is 0 Å². The second kappa shape index (κ2) is 56.8. The Hall–Kier alpha value is 0.324. The first-order valence-corrected chi connectivity index (χ1v) is 1.91. The molecule has 0 heterocycles. The molecule has 0 fully saturated rings. The molecule has 0 atom stereocenters. The molecular weight excluding hydrogens is 162 g/mol. The minimum absolute atomic E-state index is 0. The van der Waals surface area contributed by atoms with Crippen LogP contribution < -0.4 is 0 Å². The van der Waals surface area contributed by atoms with Crippen LogP contribution in [0.4, 0.5) is 0 Å². The zero-order chi connectivity index (χ0) is 4.71. The summed E-state index contributed by atoms with van der Waals surface area (Å²) in [5.41, 5.74) is 0. The molecule has 0 unspecified atom stereocenters. The summed E-state index contributed by atoms with van der Waals surface area (Å²) in [5.74, 6) is 0. The van der Waals surface area contributed by atoms with E-state index in [1.165, 1.54) is 0 Å². The van der Waals surface area contributed by atoms with Crippen molar-refractivity contribution in [1.82, 2.24) is 0 Å². The molecule has 0 bridgehead atoms. The van der Waals surface area contributed by atoms with Gasteiger partial charge in [-0.05, 0) is 0 Å². The third kappa shape index (κ3) is 456. The Labute approximate surface area is 54.8 Å². The van der Waals surface area contributed by atoms with Crippen LogP contribution in [0.5, 0.6) is 0 Å². The average Bonchev–Trinajstić information content (AvgIpc) is 1.46. The van der Waals surface area contributed by atoms with Gasteiger partial charge in [0, 0.05) is 17.1 Å². The summed E-state index contributed by atoms with van der Waals surface area (Å²) in [6.45, 7) is 4.75. The fraction of sp³-hybridized carbons (Fsp3) is 0. The first-order chi connectivity index (χ1) is 2.41. The summed E-state index contributed by atoms with van der Waals surface area (Å²) in [4.78, 5) is 0. The van der Waals surface area contributed by atoms with Gasteiger partial charge in [0.05, 0.1) is 0 Å². The first-order valence-electron chi connectivity index (χ1n) is 0.632. The van der Waals surface area contributed by atoms with E-state index in [2.05, 4.69) is 0 Å². The molecule has 0 rings (SSSR count). The van der Waals surface area contributed by atoms with Crippen molar-refractivity contribution < 1.29 is 42.8 Å². The molecule has 0 saturated heterocycles. The zero-order valence-electron chi connectivity index (χ0n) is 2.62. The van der Waals surface area contributed by atoms with E-state index < -0.39 is 19.1 Å². The molecule has 0 aliphatic carbocycles. The molecule has 0 aromatic rings. The van der Waals surface area contributed by atoms with Gasteiger partial charge in [-0.3, -0.25) is 0 Å². The monoisotopic (exact) mass is 162 g/mol. The minimum atomic E-state index is -2.00. The Morgan fingerprint density at radius 1 is 1.33 bits per heavy atom. The van der Waals surface area contributed by atoms with Gasteiger partial charge in [-0.1, -0.05) is 0 Å². The van der Waals surface area contributed by atoms with E-state index in [-0.39, 0.29) is 17.1 Å². The molecule has 0 spiro atoms. The maximum absolute atomic E-state index is 8.50. The van der Waals surface area contributed by atoms with Gasteiger partial charge in [0.1, 0.15) is 0 Å². The van der Waals surface area contributed by atoms with E-state index in [0.717, 1.165) is 0 Å². The van der Waals surface area contributed by atoms with E-state index in [9.17, 15) is 0 Å². The Morgan fingerprint density at radius 2 is 1.33 bits per heavy atom. The number of rotatable bonds is 0. The molecule has 3 nitrogen and oxygen atoms in total. The van der Waals surface area contributed by atoms with Gasteiger partial charge < -0.3 is 11.8 Å². The van der Waals surface area contributed by atoms with Gasteiger partial charge in [-0.15, -0.1) is 0 Å². The summed E-state index contributed by atoms with van der Waals surface area (Å²) < 4.78 is 17.0. The van der Waals surface area contributed by atoms with Crippen molar-refractivity contribution in [2.75, 3.05) is 0 Å². The topological polar surface area (TPSA) is 57.9 Å². The van der Waals surface area contributed by atoms with E-state index in [1.807, 2.05) is 0 Å². The molecule has 0 N–H and O–H groups in total. The second-order valence-electron chi connectivity index (χ2n) is 0.0833. The van der Waals surface area contributed by atoms with Crippen LogP contribution in [-0.2, 0) is 42.8 Å². The fourth-order valence-electron chi connectivity index (χ4n) is 0. The van der Waals surface area contributed by atoms with Crippen LogP contribution in [0.3, 0.4) is 0 Å². The Balaban J connectivity index is -0.0000000275. The summed E-state index contributed by atoms with van der Waals surface area (Å²) in [6, 6.07) is 0. The molecule has 0 saturated carbocycles. The number of hydrogen-bond acceptors (Lipinski definition) is 3. The molecule has 0 aromatic heterocycles. The van der Waals surface area contributed by atoms with Crippen LogP contribution >= 0.6 is 0 Å². The zero-order valence-corrected chi connectivity index (χ0v) is 5.28. The summed E-state index contributed by atoms with van der Waals surface area (Å²) in [6.07, 6.45) is 0. The van der Waals surface area contributed by atoms with Crippen LogP contribution in [0.25, 0.3) is 0 Å². The van der Waals surface area contributed by atoms with E-state index >= 15 is 0 Å².